The largest absolute Gasteiger partial charge is 0.352 e. The summed E-state index contributed by atoms with van der Waals surface area (Å²) in [4.78, 5) is 23.5. The third-order valence-electron chi connectivity index (χ3n) is 6.55. The molecule has 1 aromatic rings. The second-order valence-corrected chi connectivity index (χ2v) is 8.71. The van der Waals surface area contributed by atoms with Crippen molar-refractivity contribution in [2.75, 3.05) is 6.54 Å². The van der Waals surface area contributed by atoms with E-state index in [4.69, 9.17) is 0 Å². The molecule has 134 valence electrons. The number of carbonyl (C=O) groups excluding carboxylic acids is 2. The smallest absolute Gasteiger partial charge is 0.251 e. The molecule has 2 amide bonds. The standard InChI is InChI=1S/C21H28N2O2/c1-14(24)22-12-15-2-4-19(5-3-15)20(25)23-13-21-9-16-6-17(10-21)8-18(7-16)11-21/h2-5,16-18H,6-13H2,1H3,(H,22,24)(H,23,25). The van der Waals surface area contributed by atoms with Gasteiger partial charge in [0.15, 0.2) is 0 Å². The van der Waals surface area contributed by atoms with Crippen LogP contribution in [0.15, 0.2) is 24.3 Å². The minimum atomic E-state index is -0.0441. The van der Waals surface area contributed by atoms with E-state index in [0.717, 1.165) is 29.9 Å². The van der Waals surface area contributed by atoms with E-state index in [1.165, 1.54) is 45.4 Å². The molecule has 4 fully saturated rings. The van der Waals surface area contributed by atoms with E-state index in [1.807, 2.05) is 24.3 Å². The fourth-order valence-corrected chi connectivity index (χ4v) is 5.88. The number of rotatable bonds is 5. The van der Waals surface area contributed by atoms with Gasteiger partial charge in [-0.3, -0.25) is 9.59 Å². The highest BCUT2D eigenvalue weighted by atomic mass is 16.2. The van der Waals surface area contributed by atoms with Crippen LogP contribution in [0, 0.1) is 23.2 Å². The molecule has 5 rings (SSSR count). The van der Waals surface area contributed by atoms with Gasteiger partial charge in [-0.1, -0.05) is 12.1 Å². The van der Waals surface area contributed by atoms with Crippen molar-refractivity contribution in [3.05, 3.63) is 35.4 Å². The minimum absolute atomic E-state index is 0.0295. The Labute approximate surface area is 149 Å². The maximum atomic E-state index is 12.5. The van der Waals surface area contributed by atoms with Gasteiger partial charge in [0, 0.05) is 25.6 Å². The van der Waals surface area contributed by atoms with E-state index in [2.05, 4.69) is 10.6 Å². The summed E-state index contributed by atoms with van der Waals surface area (Å²) in [6.45, 7) is 2.85. The lowest BCUT2D eigenvalue weighted by atomic mass is 9.49. The molecule has 0 heterocycles. The van der Waals surface area contributed by atoms with E-state index in [9.17, 15) is 9.59 Å². The van der Waals surface area contributed by atoms with Gasteiger partial charge in [0.1, 0.15) is 0 Å². The molecule has 2 N–H and O–H groups in total. The molecule has 0 atom stereocenters. The molecule has 0 saturated heterocycles. The molecule has 4 saturated carbocycles. The normalized spacial score (nSPS) is 32.4. The van der Waals surface area contributed by atoms with Gasteiger partial charge >= 0.3 is 0 Å². The number of benzene rings is 1. The van der Waals surface area contributed by atoms with Crippen LogP contribution < -0.4 is 10.6 Å². The summed E-state index contributed by atoms with van der Waals surface area (Å²) in [5.41, 5.74) is 2.08. The average molecular weight is 340 g/mol. The van der Waals surface area contributed by atoms with Crippen LogP contribution in [-0.4, -0.2) is 18.4 Å². The van der Waals surface area contributed by atoms with Crippen LogP contribution in [0.3, 0.4) is 0 Å². The Hall–Kier alpha value is -1.84. The van der Waals surface area contributed by atoms with Crippen molar-refractivity contribution < 1.29 is 9.59 Å². The molecule has 4 aliphatic rings. The van der Waals surface area contributed by atoms with Crippen LogP contribution in [0.1, 0.15) is 61.4 Å². The van der Waals surface area contributed by atoms with Crippen LogP contribution >= 0.6 is 0 Å². The maximum absolute atomic E-state index is 12.5. The summed E-state index contributed by atoms with van der Waals surface area (Å²) in [6.07, 6.45) is 8.24. The fourth-order valence-electron chi connectivity index (χ4n) is 5.88. The van der Waals surface area contributed by atoms with Crippen molar-refractivity contribution in [3.63, 3.8) is 0 Å². The lowest BCUT2D eigenvalue weighted by molar-refractivity contribution is -0.119. The van der Waals surface area contributed by atoms with E-state index < -0.39 is 0 Å². The summed E-state index contributed by atoms with van der Waals surface area (Å²) < 4.78 is 0. The van der Waals surface area contributed by atoms with E-state index in [0.29, 0.717) is 17.5 Å². The second kappa shape index (κ2) is 6.47. The summed E-state index contributed by atoms with van der Waals surface area (Å²) in [7, 11) is 0. The van der Waals surface area contributed by atoms with Gasteiger partial charge in [-0.05, 0) is 79.4 Å². The van der Waals surface area contributed by atoms with Gasteiger partial charge < -0.3 is 10.6 Å². The van der Waals surface area contributed by atoms with Crippen LogP contribution in [0.5, 0.6) is 0 Å². The minimum Gasteiger partial charge on any atom is -0.352 e. The predicted octanol–water partition coefficient (Wildman–Crippen LogP) is 3.27. The lowest BCUT2D eigenvalue weighted by Crippen LogP contribution is -2.51. The first-order chi connectivity index (χ1) is 12.0. The van der Waals surface area contributed by atoms with Crippen molar-refractivity contribution in [2.24, 2.45) is 23.2 Å². The van der Waals surface area contributed by atoms with E-state index in [1.54, 1.807) is 0 Å². The van der Waals surface area contributed by atoms with Crippen molar-refractivity contribution in [2.45, 2.75) is 52.0 Å². The summed E-state index contributed by atoms with van der Waals surface area (Å²) >= 11 is 0. The molecule has 4 bridgehead atoms. The second-order valence-electron chi connectivity index (χ2n) is 8.71. The third kappa shape index (κ3) is 3.58. The van der Waals surface area contributed by atoms with Crippen LogP contribution in [0.4, 0.5) is 0 Å². The predicted molar refractivity (Wildman–Crippen MR) is 96.9 cm³/mol. The highest BCUT2D eigenvalue weighted by Crippen LogP contribution is 2.59. The molecule has 0 spiro atoms. The number of carbonyl (C=O) groups is 2. The molecule has 4 aliphatic carbocycles. The van der Waals surface area contributed by atoms with E-state index in [-0.39, 0.29) is 11.8 Å². The van der Waals surface area contributed by atoms with Crippen LogP contribution in [-0.2, 0) is 11.3 Å². The first-order valence-electron chi connectivity index (χ1n) is 9.63. The molecule has 25 heavy (non-hydrogen) atoms. The van der Waals surface area contributed by atoms with Gasteiger partial charge in [0.2, 0.25) is 5.91 Å². The Kier molecular flexibility index (Phi) is 4.30. The maximum Gasteiger partial charge on any atom is 0.251 e. The highest BCUT2D eigenvalue weighted by Gasteiger charge is 2.50. The number of nitrogens with one attached hydrogen (secondary N) is 2. The van der Waals surface area contributed by atoms with Crippen molar-refractivity contribution in [1.29, 1.82) is 0 Å². The number of hydrogen-bond donors (Lipinski definition) is 2. The topological polar surface area (TPSA) is 58.2 Å². The molecule has 4 nitrogen and oxygen atoms in total. The van der Waals surface area contributed by atoms with Crippen molar-refractivity contribution >= 4 is 11.8 Å². The Morgan fingerprint density at radius 3 is 2.04 bits per heavy atom. The highest BCUT2D eigenvalue weighted by molar-refractivity contribution is 5.94. The van der Waals surface area contributed by atoms with Crippen molar-refractivity contribution in [3.8, 4) is 0 Å². The first-order valence-corrected chi connectivity index (χ1v) is 9.63. The molecular weight excluding hydrogens is 312 g/mol. The van der Waals surface area contributed by atoms with Gasteiger partial charge in [-0.2, -0.15) is 0 Å². The quantitative estimate of drug-likeness (QED) is 0.864. The third-order valence-corrected chi connectivity index (χ3v) is 6.55. The Morgan fingerprint density at radius 2 is 1.52 bits per heavy atom. The zero-order chi connectivity index (χ0) is 17.4. The van der Waals surface area contributed by atoms with Gasteiger partial charge in [-0.15, -0.1) is 0 Å². The fraction of sp³-hybridized carbons (Fsp3) is 0.619. The number of amides is 2. The monoisotopic (exact) mass is 340 g/mol. The zero-order valence-corrected chi connectivity index (χ0v) is 15.0. The number of hydrogen-bond acceptors (Lipinski definition) is 2. The van der Waals surface area contributed by atoms with Crippen LogP contribution in [0.25, 0.3) is 0 Å². The lowest BCUT2D eigenvalue weighted by Gasteiger charge is -2.56. The van der Waals surface area contributed by atoms with Crippen LogP contribution in [0.2, 0.25) is 0 Å². The molecule has 4 heteroatoms. The summed E-state index contributed by atoms with van der Waals surface area (Å²) in [5, 5.41) is 5.99. The Morgan fingerprint density at radius 1 is 0.960 bits per heavy atom. The Bertz CT molecular complexity index is 630. The first kappa shape index (κ1) is 16.6. The summed E-state index contributed by atoms with van der Waals surface area (Å²) in [5.74, 6) is 2.72. The molecule has 0 aromatic heterocycles. The molecular formula is C21H28N2O2. The molecule has 1 aromatic carbocycles. The molecule has 0 radical (unpaired) electrons. The SMILES string of the molecule is CC(=O)NCc1ccc(C(=O)NCC23CC4CC(CC(C4)C2)C3)cc1. The Balaban J connectivity index is 1.34. The average Bonchev–Trinajstić information content (AvgIpc) is 2.57. The summed E-state index contributed by atoms with van der Waals surface area (Å²) in [6, 6.07) is 7.53. The van der Waals surface area contributed by atoms with Gasteiger partial charge in [0.05, 0.1) is 0 Å². The van der Waals surface area contributed by atoms with E-state index >= 15 is 0 Å². The molecule has 0 unspecified atom stereocenters. The molecule has 0 aliphatic heterocycles. The zero-order valence-electron chi connectivity index (χ0n) is 15.0. The van der Waals surface area contributed by atoms with Crippen molar-refractivity contribution in [1.82, 2.24) is 10.6 Å². The van der Waals surface area contributed by atoms with Gasteiger partial charge in [0.25, 0.3) is 5.91 Å². The van der Waals surface area contributed by atoms with Gasteiger partial charge in [-0.25, -0.2) is 0 Å².